The summed E-state index contributed by atoms with van der Waals surface area (Å²) in [7, 11) is 0. The number of nitrogens with zero attached hydrogens (tertiary/aromatic N) is 1. The Kier molecular flexibility index (Phi) is 5.18. The number of ether oxygens (including phenoxy) is 1. The van der Waals surface area contributed by atoms with Crippen LogP contribution in [0.15, 0.2) is 60.3 Å². The van der Waals surface area contributed by atoms with Crippen molar-refractivity contribution in [1.29, 1.82) is 0 Å². The molecule has 2 amide bonds. The Labute approximate surface area is 154 Å². The maximum Gasteiger partial charge on any atom is 0.339 e. The highest BCUT2D eigenvalue weighted by atomic mass is 16.5. The molecule has 2 aromatic rings. The molecule has 138 valence electrons. The number of imide groups is 1. The molecule has 3 N–H and O–H groups in total. The van der Waals surface area contributed by atoms with E-state index in [0.29, 0.717) is 11.4 Å². The third-order valence-corrected chi connectivity index (χ3v) is 3.81. The Morgan fingerprint density at radius 1 is 1.07 bits per heavy atom. The van der Waals surface area contributed by atoms with Crippen molar-refractivity contribution < 1.29 is 29.3 Å². The summed E-state index contributed by atoms with van der Waals surface area (Å²) < 4.78 is 5.60. The zero-order valence-electron chi connectivity index (χ0n) is 14.1. The van der Waals surface area contributed by atoms with E-state index in [1.807, 2.05) is 0 Å². The average molecular weight is 368 g/mol. The second-order valence-electron chi connectivity index (χ2n) is 5.63. The number of carboxylic acid groups (broad SMARTS) is 1. The molecule has 0 saturated heterocycles. The molecule has 0 unspecified atom stereocenters. The molecule has 0 radical (unpaired) electrons. The van der Waals surface area contributed by atoms with Gasteiger partial charge in [0.15, 0.2) is 0 Å². The first kappa shape index (κ1) is 18.2. The average Bonchev–Trinajstić information content (AvgIpc) is 2.91. The highest BCUT2D eigenvalue weighted by molar-refractivity contribution is 6.17. The summed E-state index contributed by atoms with van der Waals surface area (Å²) in [5.41, 5.74) is 0.703. The van der Waals surface area contributed by atoms with E-state index in [2.05, 4.69) is 5.32 Å². The molecule has 2 aromatic carbocycles. The number of aliphatic hydroxyl groups excluding tert-OH is 1. The topological polar surface area (TPSA) is 116 Å². The predicted molar refractivity (Wildman–Crippen MR) is 95.4 cm³/mol. The van der Waals surface area contributed by atoms with E-state index >= 15 is 0 Å². The Morgan fingerprint density at radius 3 is 2.44 bits per heavy atom. The highest BCUT2D eigenvalue weighted by Gasteiger charge is 2.30. The first-order valence-electron chi connectivity index (χ1n) is 8.05. The SMILES string of the molecule is O=C(O)c1ccccc1Oc1ccc(NC2=CC(=O)N(CCO)C2=O)cc1. The van der Waals surface area contributed by atoms with E-state index in [1.165, 1.54) is 12.1 Å². The van der Waals surface area contributed by atoms with Crippen LogP contribution >= 0.6 is 0 Å². The molecule has 8 heteroatoms. The van der Waals surface area contributed by atoms with E-state index in [0.717, 1.165) is 4.90 Å². The fourth-order valence-electron chi connectivity index (χ4n) is 2.53. The minimum atomic E-state index is -1.09. The van der Waals surface area contributed by atoms with E-state index in [9.17, 15) is 19.5 Å². The molecule has 8 nitrogen and oxygen atoms in total. The quantitative estimate of drug-likeness (QED) is 0.639. The van der Waals surface area contributed by atoms with Crippen molar-refractivity contribution in [2.24, 2.45) is 0 Å². The minimum Gasteiger partial charge on any atom is -0.478 e. The van der Waals surface area contributed by atoms with Crippen molar-refractivity contribution in [1.82, 2.24) is 4.90 Å². The molecule has 1 heterocycles. The number of para-hydroxylation sites is 1. The second kappa shape index (κ2) is 7.71. The third kappa shape index (κ3) is 3.96. The first-order chi connectivity index (χ1) is 13.0. The first-order valence-corrected chi connectivity index (χ1v) is 8.05. The molecule has 0 fully saturated rings. The molecular formula is C19H16N2O6. The van der Waals surface area contributed by atoms with Crippen molar-refractivity contribution in [3.05, 3.63) is 65.9 Å². The summed E-state index contributed by atoms with van der Waals surface area (Å²) in [5.74, 6) is -1.46. The van der Waals surface area contributed by atoms with Gasteiger partial charge in [-0.15, -0.1) is 0 Å². The predicted octanol–water partition coefficient (Wildman–Crippen LogP) is 1.83. The fourth-order valence-corrected chi connectivity index (χ4v) is 2.53. The van der Waals surface area contributed by atoms with Gasteiger partial charge in [-0.05, 0) is 36.4 Å². The number of anilines is 1. The lowest BCUT2D eigenvalue weighted by Crippen LogP contribution is -2.34. The van der Waals surface area contributed by atoms with Gasteiger partial charge in [-0.3, -0.25) is 14.5 Å². The molecule has 0 atom stereocenters. The van der Waals surface area contributed by atoms with Crippen molar-refractivity contribution in [3.63, 3.8) is 0 Å². The summed E-state index contributed by atoms with van der Waals surface area (Å²) in [4.78, 5) is 36.0. The normalized spacial score (nSPS) is 13.5. The van der Waals surface area contributed by atoms with Gasteiger partial charge in [-0.2, -0.15) is 0 Å². The summed E-state index contributed by atoms with van der Waals surface area (Å²) in [6.07, 6.45) is 1.17. The van der Waals surface area contributed by atoms with Gasteiger partial charge in [0.1, 0.15) is 22.8 Å². The fraction of sp³-hybridized carbons (Fsp3) is 0.105. The van der Waals surface area contributed by atoms with Crippen LogP contribution in [0.25, 0.3) is 0 Å². The number of benzene rings is 2. The number of hydrogen-bond donors (Lipinski definition) is 3. The van der Waals surface area contributed by atoms with Crippen LogP contribution in [-0.2, 0) is 9.59 Å². The van der Waals surface area contributed by atoms with Crippen LogP contribution in [0.5, 0.6) is 11.5 Å². The van der Waals surface area contributed by atoms with Gasteiger partial charge in [0, 0.05) is 11.8 Å². The number of carbonyl (C=O) groups excluding carboxylic acids is 2. The molecule has 0 spiro atoms. The summed E-state index contributed by atoms with van der Waals surface area (Å²) >= 11 is 0. The maximum absolute atomic E-state index is 12.1. The zero-order valence-corrected chi connectivity index (χ0v) is 14.1. The van der Waals surface area contributed by atoms with Crippen LogP contribution in [0, 0.1) is 0 Å². The standard InChI is InChI=1S/C19H16N2O6/c22-10-9-21-17(23)11-15(18(21)24)20-12-5-7-13(8-6-12)27-16-4-2-1-3-14(16)19(25)26/h1-8,11,20,22H,9-10H2,(H,25,26). The Bertz CT molecular complexity index is 920. The maximum atomic E-state index is 12.1. The monoisotopic (exact) mass is 368 g/mol. The zero-order chi connectivity index (χ0) is 19.4. The second-order valence-corrected chi connectivity index (χ2v) is 5.63. The van der Waals surface area contributed by atoms with Crippen LogP contribution in [-0.4, -0.2) is 46.0 Å². The lowest BCUT2D eigenvalue weighted by molar-refractivity contribution is -0.137. The van der Waals surface area contributed by atoms with Gasteiger partial charge in [0.05, 0.1) is 13.2 Å². The number of hydrogen-bond acceptors (Lipinski definition) is 6. The number of rotatable bonds is 7. The van der Waals surface area contributed by atoms with Gasteiger partial charge in [0.25, 0.3) is 11.8 Å². The molecule has 0 bridgehead atoms. The van der Waals surface area contributed by atoms with Crippen molar-refractivity contribution in [3.8, 4) is 11.5 Å². The number of carbonyl (C=O) groups is 3. The van der Waals surface area contributed by atoms with E-state index in [4.69, 9.17) is 9.84 Å². The van der Waals surface area contributed by atoms with E-state index in [1.54, 1.807) is 42.5 Å². The summed E-state index contributed by atoms with van der Waals surface area (Å²) in [6, 6.07) is 12.8. The van der Waals surface area contributed by atoms with Crippen molar-refractivity contribution in [2.75, 3.05) is 18.5 Å². The third-order valence-electron chi connectivity index (χ3n) is 3.81. The lowest BCUT2D eigenvalue weighted by Gasteiger charge is -2.13. The number of β-amino-alcohol motifs (C(OH)–C–C–N with tert-alkyl or cyclic N) is 1. The Balaban J connectivity index is 1.70. The van der Waals surface area contributed by atoms with Crippen LogP contribution < -0.4 is 10.1 Å². The highest BCUT2D eigenvalue weighted by Crippen LogP contribution is 2.27. The Hall–Kier alpha value is -3.65. The molecule has 1 aliphatic heterocycles. The summed E-state index contributed by atoms with van der Waals surface area (Å²) in [6.45, 7) is -0.364. The lowest BCUT2D eigenvalue weighted by atomic mass is 10.2. The van der Waals surface area contributed by atoms with Gasteiger partial charge in [0.2, 0.25) is 0 Å². The number of amides is 2. The molecule has 27 heavy (non-hydrogen) atoms. The summed E-state index contributed by atoms with van der Waals surface area (Å²) in [5, 5.41) is 20.9. The van der Waals surface area contributed by atoms with Gasteiger partial charge >= 0.3 is 5.97 Å². The van der Waals surface area contributed by atoms with Gasteiger partial charge in [-0.25, -0.2) is 4.79 Å². The Morgan fingerprint density at radius 2 is 1.78 bits per heavy atom. The van der Waals surface area contributed by atoms with Crippen LogP contribution in [0.2, 0.25) is 0 Å². The number of aromatic carboxylic acids is 1. The van der Waals surface area contributed by atoms with Crippen LogP contribution in [0.1, 0.15) is 10.4 Å². The van der Waals surface area contributed by atoms with E-state index in [-0.39, 0.29) is 30.2 Å². The molecule has 1 aliphatic rings. The minimum absolute atomic E-state index is 0.0453. The molecule has 3 rings (SSSR count). The van der Waals surface area contributed by atoms with Crippen molar-refractivity contribution >= 4 is 23.5 Å². The number of nitrogens with one attached hydrogen (secondary N) is 1. The van der Waals surface area contributed by atoms with Gasteiger partial charge in [-0.1, -0.05) is 12.1 Å². The van der Waals surface area contributed by atoms with Crippen LogP contribution in [0.3, 0.4) is 0 Å². The number of aliphatic hydroxyl groups is 1. The molecule has 0 aliphatic carbocycles. The van der Waals surface area contributed by atoms with E-state index < -0.39 is 17.8 Å². The molecular weight excluding hydrogens is 352 g/mol. The molecule has 0 aromatic heterocycles. The molecule has 0 saturated carbocycles. The van der Waals surface area contributed by atoms with Crippen molar-refractivity contribution in [2.45, 2.75) is 0 Å². The smallest absolute Gasteiger partial charge is 0.339 e. The number of carboxylic acids is 1. The largest absolute Gasteiger partial charge is 0.478 e. The van der Waals surface area contributed by atoms with Crippen LogP contribution in [0.4, 0.5) is 5.69 Å². The van der Waals surface area contributed by atoms with Gasteiger partial charge < -0.3 is 20.3 Å².